The monoisotopic (exact) mass is 286 g/mol. The fourth-order valence-corrected chi connectivity index (χ4v) is 2.65. The van der Waals surface area contributed by atoms with Crippen molar-refractivity contribution in [3.05, 3.63) is 28.6 Å². The molecule has 0 atom stereocenters. The van der Waals surface area contributed by atoms with Gasteiger partial charge in [-0.2, -0.15) is 0 Å². The summed E-state index contributed by atoms with van der Waals surface area (Å²) in [7, 11) is 0. The first-order chi connectivity index (χ1) is 9.17. The molecule has 3 nitrogen and oxygen atoms in total. The third-order valence-electron chi connectivity index (χ3n) is 3.18. The van der Waals surface area contributed by atoms with Gasteiger partial charge in [0.15, 0.2) is 18.2 Å². The van der Waals surface area contributed by atoms with E-state index in [0.717, 1.165) is 36.0 Å². The van der Waals surface area contributed by atoms with Crippen LogP contribution in [0.1, 0.15) is 30.0 Å². The van der Waals surface area contributed by atoms with E-state index >= 15 is 0 Å². The molecule has 2 rings (SSSR count). The van der Waals surface area contributed by atoms with Crippen molar-refractivity contribution in [3.63, 3.8) is 0 Å². The minimum absolute atomic E-state index is 0.175. The smallest absolute Gasteiger partial charge is 0.344 e. The Kier molecular flexibility index (Phi) is 4.64. The van der Waals surface area contributed by atoms with Gasteiger partial charge in [0.1, 0.15) is 0 Å². The van der Waals surface area contributed by atoms with Crippen LogP contribution in [-0.4, -0.2) is 19.2 Å². The van der Waals surface area contributed by atoms with Gasteiger partial charge in [0.25, 0.3) is 0 Å². The first-order valence-electron chi connectivity index (χ1n) is 6.34. The van der Waals surface area contributed by atoms with E-state index in [9.17, 15) is 9.18 Å². The van der Waals surface area contributed by atoms with Crippen molar-refractivity contribution in [2.24, 2.45) is 0 Å². The van der Waals surface area contributed by atoms with Crippen LogP contribution < -0.4 is 4.74 Å². The van der Waals surface area contributed by atoms with Crippen LogP contribution in [0.15, 0.2) is 6.07 Å². The van der Waals surface area contributed by atoms with Gasteiger partial charge in [0, 0.05) is 11.4 Å². The average molecular weight is 287 g/mol. The van der Waals surface area contributed by atoms with Gasteiger partial charge in [-0.1, -0.05) is 0 Å². The molecule has 0 fully saturated rings. The molecule has 104 valence electrons. The largest absolute Gasteiger partial charge is 0.479 e. The third kappa shape index (κ3) is 3.00. The predicted octanol–water partition coefficient (Wildman–Crippen LogP) is 3.00. The number of rotatable bonds is 5. The number of alkyl halides is 1. The lowest BCUT2D eigenvalue weighted by Gasteiger charge is -2.14. The quantitative estimate of drug-likeness (QED) is 0.617. The number of esters is 1. The van der Waals surface area contributed by atoms with E-state index in [1.54, 1.807) is 6.92 Å². The zero-order chi connectivity index (χ0) is 13.8. The molecular formula is C14H16ClFO3. The Hall–Kier alpha value is -1.29. The van der Waals surface area contributed by atoms with Gasteiger partial charge < -0.3 is 9.47 Å². The molecule has 0 aliphatic heterocycles. The molecule has 0 amide bonds. The van der Waals surface area contributed by atoms with Gasteiger partial charge in [0.2, 0.25) is 0 Å². The highest BCUT2D eigenvalue weighted by atomic mass is 35.5. The maximum Gasteiger partial charge on any atom is 0.344 e. The zero-order valence-electron chi connectivity index (χ0n) is 10.8. The molecule has 5 heteroatoms. The van der Waals surface area contributed by atoms with Crippen LogP contribution in [0.2, 0.25) is 0 Å². The summed E-state index contributed by atoms with van der Waals surface area (Å²) in [5.74, 6) is -0.484. The molecule has 0 spiro atoms. The summed E-state index contributed by atoms with van der Waals surface area (Å²) in [5, 5.41) is 0. The molecule has 0 saturated heterocycles. The van der Waals surface area contributed by atoms with Crippen LogP contribution in [0.4, 0.5) is 4.39 Å². The molecule has 1 aliphatic rings. The molecule has 1 aromatic rings. The Morgan fingerprint density at radius 1 is 1.42 bits per heavy atom. The van der Waals surface area contributed by atoms with Crippen molar-refractivity contribution in [2.45, 2.75) is 32.1 Å². The van der Waals surface area contributed by atoms with E-state index in [0.29, 0.717) is 0 Å². The second-order valence-electron chi connectivity index (χ2n) is 4.38. The van der Waals surface area contributed by atoms with Crippen molar-refractivity contribution < 1.29 is 18.7 Å². The summed E-state index contributed by atoms with van der Waals surface area (Å²) in [4.78, 5) is 11.3. The standard InChI is InChI=1S/C14H16ClFO3/c1-2-18-13(17)8-19-14-11-5-3-4-10(11)9(7-15)6-12(14)16/h6H,2-5,7-8H2,1H3. The highest BCUT2D eigenvalue weighted by molar-refractivity contribution is 6.17. The SMILES string of the molecule is CCOC(=O)COc1c(F)cc(CCl)c2c1CCC2. The summed E-state index contributed by atoms with van der Waals surface area (Å²) < 4.78 is 24.1. The minimum Gasteiger partial charge on any atom is -0.479 e. The lowest BCUT2D eigenvalue weighted by Crippen LogP contribution is -2.16. The number of hydrogen-bond acceptors (Lipinski definition) is 3. The highest BCUT2D eigenvalue weighted by Gasteiger charge is 2.23. The van der Waals surface area contributed by atoms with Crippen LogP contribution >= 0.6 is 11.6 Å². The molecule has 0 radical (unpaired) electrons. The van der Waals surface area contributed by atoms with Gasteiger partial charge in [-0.05, 0) is 43.4 Å². The van der Waals surface area contributed by atoms with E-state index in [1.807, 2.05) is 0 Å². The lowest BCUT2D eigenvalue weighted by molar-refractivity contribution is -0.145. The second-order valence-corrected chi connectivity index (χ2v) is 4.65. The van der Waals surface area contributed by atoms with E-state index in [2.05, 4.69) is 0 Å². The Balaban J connectivity index is 2.21. The molecule has 0 saturated carbocycles. The predicted molar refractivity (Wildman–Crippen MR) is 70.1 cm³/mol. The van der Waals surface area contributed by atoms with Crippen molar-refractivity contribution in [1.29, 1.82) is 0 Å². The summed E-state index contributed by atoms with van der Waals surface area (Å²) in [6, 6.07) is 1.40. The Morgan fingerprint density at radius 2 is 2.16 bits per heavy atom. The zero-order valence-corrected chi connectivity index (χ0v) is 11.6. The van der Waals surface area contributed by atoms with Crippen LogP contribution in [0.5, 0.6) is 5.75 Å². The van der Waals surface area contributed by atoms with Crippen molar-refractivity contribution in [3.8, 4) is 5.75 Å². The van der Waals surface area contributed by atoms with E-state index in [1.165, 1.54) is 6.07 Å². The molecule has 1 aliphatic carbocycles. The van der Waals surface area contributed by atoms with Crippen molar-refractivity contribution in [1.82, 2.24) is 0 Å². The molecular weight excluding hydrogens is 271 g/mol. The van der Waals surface area contributed by atoms with Crippen molar-refractivity contribution in [2.75, 3.05) is 13.2 Å². The number of fused-ring (bicyclic) bond motifs is 1. The van der Waals surface area contributed by atoms with Crippen molar-refractivity contribution >= 4 is 17.6 Å². The van der Waals surface area contributed by atoms with Gasteiger partial charge in [-0.3, -0.25) is 0 Å². The Bertz CT molecular complexity index is 488. The third-order valence-corrected chi connectivity index (χ3v) is 3.47. The van der Waals surface area contributed by atoms with E-state index in [-0.39, 0.29) is 24.8 Å². The number of hydrogen-bond donors (Lipinski definition) is 0. The van der Waals surface area contributed by atoms with E-state index < -0.39 is 11.8 Å². The van der Waals surface area contributed by atoms with Gasteiger partial charge in [-0.15, -0.1) is 11.6 Å². The summed E-state index contributed by atoms with van der Waals surface area (Å²) in [5.41, 5.74) is 2.73. The molecule has 0 unspecified atom stereocenters. The molecule has 0 aromatic heterocycles. The molecule has 1 aromatic carbocycles. The normalized spacial score (nSPS) is 13.2. The van der Waals surface area contributed by atoms with Crippen LogP contribution in [0, 0.1) is 5.82 Å². The lowest BCUT2D eigenvalue weighted by atomic mass is 10.0. The first-order valence-corrected chi connectivity index (χ1v) is 6.88. The van der Waals surface area contributed by atoms with Crippen LogP contribution in [0.25, 0.3) is 0 Å². The average Bonchev–Trinajstić information content (AvgIpc) is 2.86. The van der Waals surface area contributed by atoms with Gasteiger partial charge in [-0.25, -0.2) is 9.18 Å². The number of benzene rings is 1. The highest BCUT2D eigenvalue weighted by Crippen LogP contribution is 2.36. The number of halogens is 2. The van der Waals surface area contributed by atoms with Gasteiger partial charge in [0.05, 0.1) is 6.61 Å². The van der Waals surface area contributed by atoms with Gasteiger partial charge >= 0.3 is 5.97 Å². The fraction of sp³-hybridized carbons (Fsp3) is 0.500. The summed E-state index contributed by atoms with van der Waals surface area (Å²) in [6.07, 6.45) is 2.60. The molecule has 0 N–H and O–H groups in total. The molecule has 0 heterocycles. The summed E-state index contributed by atoms with van der Waals surface area (Å²) >= 11 is 5.82. The Morgan fingerprint density at radius 3 is 2.84 bits per heavy atom. The Labute approximate surface area is 116 Å². The van der Waals surface area contributed by atoms with Crippen LogP contribution in [-0.2, 0) is 28.3 Å². The van der Waals surface area contributed by atoms with E-state index in [4.69, 9.17) is 21.1 Å². The van der Waals surface area contributed by atoms with Crippen LogP contribution in [0.3, 0.4) is 0 Å². The topological polar surface area (TPSA) is 35.5 Å². The summed E-state index contributed by atoms with van der Waals surface area (Å²) in [6.45, 7) is 1.73. The number of ether oxygens (including phenoxy) is 2. The maximum absolute atomic E-state index is 14.0. The first kappa shape index (κ1) is 14.1. The second kappa shape index (κ2) is 6.24. The minimum atomic E-state index is -0.491. The fourth-order valence-electron chi connectivity index (χ4n) is 2.41. The number of carbonyl (C=O) groups excluding carboxylic acids is 1. The number of carbonyl (C=O) groups is 1. The maximum atomic E-state index is 14.0. The molecule has 19 heavy (non-hydrogen) atoms. The molecule has 0 bridgehead atoms.